The fourth-order valence-electron chi connectivity index (χ4n) is 4.31. The Balaban J connectivity index is 1.56. The van der Waals surface area contributed by atoms with Crippen LogP contribution in [0.1, 0.15) is 30.0 Å². The highest BCUT2D eigenvalue weighted by atomic mass is 35.5. The molecule has 126 valence electrons. The molecule has 2 unspecified atom stereocenters. The summed E-state index contributed by atoms with van der Waals surface area (Å²) in [5.74, 6) is 0.502. The summed E-state index contributed by atoms with van der Waals surface area (Å²) < 4.78 is 13.4. The highest BCUT2D eigenvalue weighted by Crippen LogP contribution is 2.41. The van der Waals surface area contributed by atoms with Crippen LogP contribution in [-0.2, 0) is 6.54 Å². The average molecular weight is 345 g/mol. The van der Waals surface area contributed by atoms with E-state index in [0.29, 0.717) is 24.5 Å². The van der Waals surface area contributed by atoms with Crippen molar-refractivity contribution in [1.29, 1.82) is 0 Å². The Kier molecular flexibility index (Phi) is 4.57. The lowest BCUT2D eigenvalue weighted by molar-refractivity contribution is 0.0112. The zero-order valence-electron chi connectivity index (χ0n) is 13.6. The van der Waals surface area contributed by atoms with E-state index in [1.165, 1.54) is 24.5 Å². The predicted molar refractivity (Wildman–Crippen MR) is 95.5 cm³/mol. The number of nitrogens with zero attached hydrogens (tertiary/aromatic N) is 1. The molecule has 3 saturated heterocycles. The van der Waals surface area contributed by atoms with Crippen LogP contribution in [0.4, 0.5) is 4.39 Å². The van der Waals surface area contributed by atoms with Gasteiger partial charge in [0.05, 0.1) is 6.04 Å². The maximum atomic E-state index is 13.4. The highest BCUT2D eigenvalue weighted by molar-refractivity contribution is 6.30. The van der Waals surface area contributed by atoms with Gasteiger partial charge in [0, 0.05) is 17.6 Å². The van der Waals surface area contributed by atoms with Gasteiger partial charge in [0.15, 0.2) is 0 Å². The van der Waals surface area contributed by atoms with Gasteiger partial charge >= 0.3 is 0 Å². The van der Waals surface area contributed by atoms with Crippen LogP contribution < -0.4 is 5.32 Å². The number of nitrogens with one attached hydrogen (secondary N) is 1. The lowest BCUT2D eigenvalue weighted by Gasteiger charge is -2.51. The number of hydrogen-bond donors (Lipinski definition) is 1. The minimum Gasteiger partial charge on any atom is -0.308 e. The Labute approximate surface area is 147 Å². The van der Waals surface area contributed by atoms with Crippen LogP contribution in [0.2, 0.25) is 5.02 Å². The first kappa shape index (κ1) is 16.1. The number of benzene rings is 2. The summed E-state index contributed by atoms with van der Waals surface area (Å²) in [6.45, 7) is 3.00. The van der Waals surface area contributed by atoms with Crippen molar-refractivity contribution in [3.05, 3.63) is 70.5 Å². The summed E-state index contributed by atoms with van der Waals surface area (Å²) in [4.78, 5) is 2.56. The summed E-state index contributed by atoms with van der Waals surface area (Å²) in [6, 6.07) is 15.8. The van der Waals surface area contributed by atoms with Gasteiger partial charge in [-0.1, -0.05) is 35.9 Å². The molecule has 24 heavy (non-hydrogen) atoms. The van der Waals surface area contributed by atoms with Gasteiger partial charge in [-0.3, -0.25) is 4.90 Å². The van der Waals surface area contributed by atoms with Crippen molar-refractivity contribution in [3.63, 3.8) is 0 Å². The zero-order valence-corrected chi connectivity index (χ0v) is 14.3. The third-order valence-electron chi connectivity index (χ3n) is 5.44. The molecule has 3 aliphatic heterocycles. The molecule has 4 heteroatoms. The van der Waals surface area contributed by atoms with Crippen molar-refractivity contribution < 1.29 is 4.39 Å². The third-order valence-corrected chi connectivity index (χ3v) is 5.67. The lowest BCUT2D eigenvalue weighted by Crippen LogP contribution is -2.57. The molecular formula is C20H22ClFN2. The Bertz CT molecular complexity index is 712. The van der Waals surface area contributed by atoms with Crippen molar-refractivity contribution in [1.82, 2.24) is 10.2 Å². The fourth-order valence-corrected chi connectivity index (χ4v) is 4.51. The second-order valence-electron chi connectivity index (χ2n) is 6.91. The molecule has 0 saturated carbocycles. The molecule has 0 amide bonds. The fraction of sp³-hybridized carbons (Fsp3) is 0.400. The number of piperidine rings is 3. The van der Waals surface area contributed by atoms with E-state index in [1.54, 1.807) is 12.1 Å². The first-order valence-electron chi connectivity index (χ1n) is 8.68. The van der Waals surface area contributed by atoms with E-state index in [9.17, 15) is 4.39 Å². The Morgan fingerprint density at radius 1 is 1.08 bits per heavy atom. The van der Waals surface area contributed by atoms with Gasteiger partial charge in [-0.2, -0.15) is 0 Å². The van der Waals surface area contributed by atoms with Crippen LogP contribution in [0.15, 0.2) is 48.5 Å². The Morgan fingerprint density at radius 3 is 2.62 bits per heavy atom. The maximum Gasteiger partial charge on any atom is 0.123 e. The van der Waals surface area contributed by atoms with E-state index in [-0.39, 0.29) is 5.82 Å². The molecule has 2 aromatic carbocycles. The van der Waals surface area contributed by atoms with Gasteiger partial charge in [-0.25, -0.2) is 4.39 Å². The minimum atomic E-state index is -0.172. The molecule has 5 rings (SSSR count). The molecule has 2 aromatic rings. The molecule has 0 spiro atoms. The van der Waals surface area contributed by atoms with E-state index < -0.39 is 0 Å². The van der Waals surface area contributed by atoms with Crippen LogP contribution in [-0.4, -0.2) is 24.0 Å². The van der Waals surface area contributed by atoms with Gasteiger partial charge in [0.25, 0.3) is 0 Å². The Hall–Kier alpha value is -1.42. The summed E-state index contributed by atoms with van der Waals surface area (Å²) >= 11 is 6.22. The van der Waals surface area contributed by atoms with Crippen LogP contribution >= 0.6 is 11.6 Å². The van der Waals surface area contributed by atoms with Crippen LogP contribution in [0.25, 0.3) is 0 Å². The summed E-state index contributed by atoms with van der Waals surface area (Å²) in [5, 5.41) is 4.50. The first-order valence-corrected chi connectivity index (χ1v) is 9.06. The molecule has 0 aliphatic carbocycles. The zero-order chi connectivity index (χ0) is 16.5. The van der Waals surface area contributed by atoms with Gasteiger partial charge in [-0.15, -0.1) is 0 Å². The highest BCUT2D eigenvalue weighted by Gasteiger charge is 2.42. The summed E-state index contributed by atoms with van der Waals surface area (Å²) in [5.41, 5.74) is 2.28. The summed E-state index contributed by atoms with van der Waals surface area (Å²) in [7, 11) is 0. The van der Waals surface area contributed by atoms with Gasteiger partial charge in [-0.05, 0) is 67.2 Å². The monoisotopic (exact) mass is 344 g/mol. The molecule has 3 heterocycles. The van der Waals surface area contributed by atoms with E-state index in [0.717, 1.165) is 23.7 Å². The van der Waals surface area contributed by atoms with Crippen molar-refractivity contribution in [2.24, 2.45) is 5.92 Å². The third kappa shape index (κ3) is 3.21. The van der Waals surface area contributed by atoms with Gasteiger partial charge in [0.2, 0.25) is 0 Å². The summed E-state index contributed by atoms with van der Waals surface area (Å²) in [6.07, 6.45) is 2.47. The molecule has 2 nitrogen and oxygen atoms in total. The Morgan fingerprint density at radius 2 is 1.88 bits per heavy atom. The van der Waals surface area contributed by atoms with Crippen molar-refractivity contribution in [2.45, 2.75) is 31.5 Å². The van der Waals surface area contributed by atoms with Crippen LogP contribution in [0, 0.1) is 11.7 Å². The maximum absolute atomic E-state index is 13.4. The number of rotatable bonds is 4. The van der Waals surface area contributed by atoms with Crippen molar-refractivity contribution >= 4 is 11.6 Å². The molecule has 2 bridgehead atoms. The topological polar surface area (TPSA) is 15.3 Å². The van der Waals surface area contributed by atoms with Crippen LogP contribution in [0.5, 0.6) is 0 Å². The normalized spacial score (nSPS) is 28.9. The molecule has 3 fully saturated rings. The van der Waals surface area contributed by atoms with E-state index in [1.807, 2.05) is 18.2 Å². The molecule has 2 atom stereocenters. The van der Waals surface area contributed by atoms with E-state index in [2.05, 4.69) is 22.3 Å². The average Bonchev–Trinajstić information content (AvgIpc) is 2.60. The lowest BCUT2D eigenvalue weighted by atomic mass is 9.76. The smallest absolute Gasteiger partial charge is 0.123 e. The predicted octanol–water partition coefficient (Wildman–Crippen LogP) is 4.40. The standard InChI is InChI=1S/C20H22ClFN2/c21-17-5-2-4-16(12-17)20-19(15-7-9-24(20)10-8-15)23-13-14-3-1-6-18(22)11-14/h1-6,11-12,15,19-20,23H,7-10,13H2. The molecule has 0 radical (unpaired) electrons. The minimum absolute atomic E-state index is 0.172. The molecule has 0 aromatic heterocycles. The van der Waals surface area contributed by atoms with E-state index >= 15 is 0 Å². The van der Waals surface area contributed by atoms with Crippen molar-refractivity contribution in [2.75, 3.05) is 13.1 Å². The molecular weight excluding hydrogens is 323 g/mol. The SMILES string of the molecule is Fc1cccc(CNC2C3CCN(CC3)C2c2cccc(Cl)c2)c1. The second-order valence-corrected chi connectivity index (χ2v) is 7.35. The second kappa shape index (κ2) is 6.83. The molecule has 3 aliphatic rings. The van der Waals surface area contributed by atoms with Crippen molar-refractivity contribution in [3.8, 4) is 0 Å². The number of fused-ring (bicyclic) bond motifs is 3. The number of hydrogen-bond acceptors (Lipinski definition) is 2. The first-order chi connectivity index (χ1) is 11.7. The quantitative estimate of drug-likeness (QED) is 0.884. The van der Waals surface area contributed by atoms with Gasteiger partial charge < -0.3 is 5.32 Å². The largest absolute Gasteiger partial charge is 0.308 e. The number of halogens is 2. The van der Waals surface area contributed by atoms with Gasteiger partial charge in [0.1, 0.15) is 5.82 Å². The molecule has 1 N–H and O–H groups in total. The van der Waals surface area contributed by atoms with Crippen LogP contribution in [0.3, 0.4) is 0 Å². The van der Waals surface area contributed by atoms with E-state index in [4.69, 9.17) is 11.6 Å².